The van der Waals surface area contributed by atoms with Crippen molar-refractivity contribution in [2.75, 3.05) is 7.11 Å². The summed E-state index contributed by atoms with van der Waals surface area (Å²) in [4.78, 5) is 11.1. The number of ether oxygens (including phenoxy) is 1. The zero-order valence-corrected chi connectivity index (χ0v) is 13.4. The summed E-state index contributed by atoms with van der Waals surface area (Å²) in [7, 11) is 1.52. The van der Waals surface area contributed by atoms with E-state index in [1.807, 2.05) is 0 Å². The van der Waals surface area contributed by atoms with Gasteiger partial charge in [-0.25, -0.2) is 0 Å². The van der Waals surface area contributed by atoms with Crippen LogP contribution < -0.4 is 4.74 Å². The molecule has 114 valence electrons. The number of rotatable bonds is 3. The van der Waals surface area contributed by atoms with E-state index in [-0.39, 0.29) is 21.4 Å². The molecule has 1 aromatic carbocycles. The van der Waals surface area contributed by atoms with E-state index in [1.165, 1.54) is 13.2 Å². The van der Waals surface area contributed by atoms with Gasteiger partial charge in [0.1, 0.15) is 5.75 Å². The van der Waals surface area contributed by atoms with Gasteiger partial charge < -0.3 is 4.74 Å². The molecule has 1 aromatic rings. The summed E-state index contributed by atoms with van der Waals surface area (Å²) in [5.41, 5.74) is 2.08. The lowest BCUT2D eigenvalue weighted by Gasteiger charge is -2.39. The van der Waals surface area contributed by atoms with E-state index in [0.29, 0.717) is 11.3 Å². The van der Waals surface area contributed by atoms with Gasteiger partial charge in [0.05, 0.1) is 23.7 Å². The van der Waals surface area contributed by atoms with Crippen LogP contribution in [0.3, 0.4) is 0 Å². The van der Waals surface area contributed by atoms with Gasteiger partial charge in [-0.15, -0.1) is 0 Å². The van der Waals surface area contributed by atoms with E-state index in [2.05, 4.69) is 33.8 Å². The minimum absolute atomic E-state index is 0.0465. The average molecular weight is 289 g/mol. The number of nitro benzene ring substituents is 1. The maximum absolute atomic E-state index is 11.4. The predicted molar refractivity (Wildman–Crippen MR) is 84.4 cm³/mol. The van der Waals surface area contributed by atoms with Gasteiger partial charge in [0.2, 0.25) is 0 Å². The first-order valence-corrected chi connectivity index (χ1v) is 7.18. The summed E-state index contributed by atoms with van der Waals surface area (Å²) in [5.74, 6) is 0.514. The van der Waals surface area contributed by atoms with Crippen molar-refractivity contribution in [2.45, 2.75) is 40.5 Å². The quantitative estimate of drug-likeness (QED) is 0.591. The molecule has 0 fully saturated rings. The van der Waals surface area contributed by atoms with E-state index in [9.17, 15) is 10.1 Å². The fraction of sp³-hybridized carbons (Fsp3) is 0.529. The van der Waals surface area contributed by atoms with Crippen LogP contribution in [-0.4, -0.2) is 12.0 Å². The monoisotopic (exact) mass is 289 g/mol. The van der Waals surface area contributed by atoms with Crippen molar-refractivity contribution in [1.29, 1.82) is 0 Å². The molecule has 0 heterocycles. The van der Waals surface area contributed by atoms with E-state index in [1.54, 1.807) is 12.1 Å². The molecule has 0 aromatic heterocycles. The fourth-order valence-corrected chi connectivity index (χ4v) is 3.62. The molecule has 0 aliphatic heterocycles. The summed E-state index contributed by atoms with van der Waals surface area (Å²) in [6, 6.07) is 5.10. The van der Waals surface area contributed by atoms with Crippen LogP contribution in [0.25, 0.3) is 5.57 Å². The van der Waals surface area contributed by atoms with E-state index in [0.717, 1.165) is 18.4 Å². The van der Waals surface area contributed by atoms with Gasteiger partial charge in [-0.1, -0.05) is 33.8 Å². The van der Waals surface area contributed by atoms with Crippen LogP contribution in [0.1, 0.15) is 46.1 Å². The second-order valence-electron chi connectivity index (χ2n) is 7.32. The van der Waals surface area contributed by atoms with Gasteiger partial charge in [-0.3, -0.25) is 10.1 Å². The number of nitro groups is 1. The Morgan fingerprint density at radius 1 is 1.24 bits per heavy atom. The number of methoxy groups -OCH3 is 1. The molecule has 0 unspecified atom stereocenters. The maximum atomic E-state index is 11.4. The molecule has 2 rings (SSSR count). The van der Waals surface area contributed by atoms with Gasteiger partial charge in [0.15, 0.2) is 0 Å². The molecule has 0 bridgehead atoms. The molecule has 0 saturated carbocycles. The second-order valence-corrected chi connectivity index (χ2v) is 7.32. The third-order valence-corrected chi connectivity index (χ3v) is 3.92. The molecule has 1 aliphatic carbocycles. The van der Waals surface area contributed by atoms with Crippen molar-refractivity contribution >= 4 is 11.3 Å². The standard InChI is InChI=1S/C17H23NO3/c1-16(2)9-12(10-17(3,4)11-16)14-7-6-13(21-5)8-15(14)18(19)20/h6-9H,10-11H2,1-5H3. The number of hydrogen-bond donors (Lipinski definition) is 0. The Bertz CT molecular complexity index is 600. The Kier molecular flexibility index (Phi) is 3.83. The van der Waals surface area contributed by atoms with Gasteiger partial charge in [0.25, 0.3) is 5.69 Å². The lowest BCUT2D eigenvalue weighted by Crippen LogP contribution is -2.26. The molecule has 0 N–H and O–H groups in total. The van der Waals surface area contributed by atoms with Crippen LogP contribution >= 0.6 is 0 Å². The zero-order chi connectivity index (χ0) is 15.8. The number of allylic oxidation sites excluding steroid dienone is 2. The minimum atomic E-state index is -0.326. The molecule has 0 radical (unpaired) electrons. The van der Waals surface area contributed by atoms with E-state index >= 15 is 0 Å². The first kappa shape index (κ1) is 15.5. The molecular weight excluding hydrogens is 266 g/mol. The Hall–Kier alpha value is -1.84. The van der Waals surface area contributed by atoms with Crippen LogP contribution in [0.15, 0.2) is 24.3 Å². The molecule has 0 saturated heterocycles. The molecular formula is C17H23NO3. The number of benzene rings is 1. The Morgan fingerprint density at radius 2 is 1.90 bits per heavy atom. The fourth-order valence-electron chi connectivity index (χ4n) is 3.62. The van der Waals surface area contributed by atoms with Crippen molar-refractivity contribution < 1.29 is 9.66 Å². The van der Waals surface area contributed by atoms with Gasteiger partial charge in [0, 0.05) is 0 Å². The summed E-state index contributed by atoms with van der Waals surface area (Å²) >= 11 is 0. The normalized spacial score (nSPS) is 19.8. The first-order valence-electron chi connectivity index (χ1n) is 7.18. The molecule has 4 nitrogen and oxygen atoms in total. The molecule has 0 atom stereocenters. The molecule has 4 heteroatoms. The summed E-state index contributed by atoms with van der Waals surface area (Å²) in [5, 5.41) is 11.4. The third-order valence-electron chi connectivity index (χ3n) is 3.92. The van der Waals surface area contributed by atoms with Crippen molar-refractivity contribution in [3.63, 3.8) is 0 Å². The topological polar surface area (TPSA) is 52.4 Å². The largest absolute Gasteiger partial charge is 0.497 e. The predicted octanol–water partition coefficient (Wildman–Crippen LogP) is 4.83. The number of nitrogens with zero attached hydrogens (tertiary/aromatic N) is 1. The van der Waals surface area contributed by atoms with Crippen molar-refractivity contribution in [3.05, 3.63) is 40.0 Å². The Balaban J connectivity index is 2.55. The van der Waals surface area contributed by atoms with E-state index < -0.39 is 0 Å². The highest BCUT2D eigenvalue weighted by Gasteiger charge is 2.35. The smallest absolute Gasteiger partial charge is 0.280 e. The maximum Gasteiger partial charge on any atom is 0.280 e. The summed E-state index contributed by atoms with van der Waals surface area (Å²) < 4.78 is 5.11. The van der Waals surface area contributed by atoms with Crippen LogP contribution in [0.4, 0.5) is 5.69 Å². The van der Waals surface area contributed by atoms with E-state index in [4.69, 9.17) is 4.74 Å². The zero-order valence-electron chi connectivity index (χ0n) is 13.4. The van der Waals surface area contributed by atoms with Crippen LogP contribution in [0.5, 0.6) is 5.75 Å². The highest BCUT2D eigenvalue weighted by Crippen LogP contribution is 2.48. The van der Waals surface area contributed by atoms with Crippen LogP contribution in [0, 0.1) is 20.9 Å². The minimum Gasteiger partial charge on any atom is -0.497 e. The van der Waals surface area contributed by atoms with Gasteiger partial charge in [-0.2, -0.15) is 0 Å². The van der Waals surface area contributed by atoms with Crippen LogP contribution in [0.2, 0.25) is 0 Å². The highest BCUT2D eigenvalue weighted by atomic mass is 16.6. The summed E-state index contributed by atoms with van der Waals surface area (Å²) in [6.07, 6.45) is 4.12. The lowest BCUT2D eigenvalue weighted by atomic mass is 9.65. The lowest BCUT2D eigenvalue weighted by molar-refractivity contribution is -0.385. The average Bonchev–Trinajstić information content (AvgIpc) is 2.34. The van der Waals surface area contributed by atoms with Gasteiger partial charge in [-0.05, 0) is 41.4 Å². The first-order chi connectivity index (χ1) is 9.63. The third kappa shape index (κ3) is 3.43. The molecule has 21 heavy (non-hydrogen) atoms. The van der Waals surface area contributed by atoms with Crippen molar-refractivity contribution in [1.82, 2.24) is 0 Å². The molecule has 1 aliphatic rings. The summed E-state index contributed by atoms with van der Waals surface area (Å²) in [6.45, 7) is 8.81. The second kappa shape index (κ2) is 5.17. The van der Waals surface area contributed by atoms with Crippen LogP contribution in [-0.2, 0) is 0 Å². The van der Waals surface area contributed by atoms with Crippen molar-refractivity contribution in [2.24, 2.45) is 10.8 Å². The Labute approximate surface area is 126 Å². The SMILES string of the molecule is COc1ccc(C2=CC(C)(C)CC(C)(C)C2)c([N+](=O)[O-])c1. The number of hydrogen-bond acceptors (Lipinski definition) is 3. The Morgan fingerprint density at radius 3 is 2.43 bits per heavy atom. The molecule has 0 spiro atoms. The van der Waals surface area contributed by atoms with Crippen molar-refractivity contribution in [3.8, 4) is 5.75 Å². The highest BCUT2D eigenvalue weighted by molar-refractivity contribution is 5.75. The van der Waals surface area contributed by atoms with Gasteiger partial charge >= 0.3 is 0 Å². The molecule has 0 amide bonds.